The zero-order valence-corrected chi connectivity index (χ0v) is 17.5. The van der Waals surface area contributed by atoms with Crippen LogP contribution < -0.4 is 10.0 Å². The second-order valence-corrected chi connectivity index (χ2v) is 8.90. The van der Waals surface area contributed by atoms with Gasteiger partial charge in [0, 0.05) is 17.3 Å². The van der Waals surface area contributed by atoms with Gasteiger partial charge in [0.2, 0.25) is 15.9 Å². The van der Waals surface area contributed by atoms with E-state index in [-0.39, 0.29) is 10.8 Å². The molecule has 1 amide bonds. The van der Waals surface area contributed by atoms with Crippen molar-refractivity contribution in [2.75, 3.05) is 5.32 Å². The fourth-order valence-corrected chi connectivity index (χ4v) is 4.58. The van der Waals surface area contributed by atoms with Gasteiger partial charge in [-0.1, -0.05) is 51.1 Å². The van der Waals surface area contributed by atoms with Gasteiger partial charge in [0.15, 0.2) is 0 Å². The third-order valence-corrected chi connectivity index (χ3v) is 6.22. The van der Waals surface area contributed by atoms with Gasteiger partial charge >= 0.3 is 0 Å². The Balaban J connectivity index is 1.86. The third-order valence-electron chi connectivity index (χ3n) is 4.75. The molecule has 0 aliphatic heterocycles. The smallest absolute Gasteiger partial charge is 0.243 e. The summed E-state index contributed by atoms with van der Waals surface area (Å²) in [5, 5.41) is 3.52. The van der Waals surface area contributed by atoms with Crippen LogP contribution in [-0.4, -0.2) is 25.4 Å². The summed E-state index contributed by atoms with van der Waals surface area (Å²) in [6.45, 7) is 5.65. The Kier molecular flexibility index (Phi) is 6.30. The lowest BCUT2D eigenvalue weighted by molar-refractivity contribution is -0.118. The molecular weight excluding hydrogens is 386 g/mol. The van der Waals surface area contributed by atoms with Gasteiger partial charge in [-0.2, -0.15) is 4.72 Å². The lowest BCUT2D eigenvalue weighted by Crippen LogP contribution is -2.47. The Morgan fingerprint density at radius 3 is 2.38 bits per heavy atom. The molecule has 2 N–H and O–H groups in total. The van der Waals surface area contributed by atoms with Gasteiger partial charge in [-0.3, -0.25) is 9.78 Å². The van der Waals surface area contributed by atoms with Gasteiger partial charge in [0.05, 0.1) is 5.52 Å². The van der Waals surface area contributed by atoms with Crippen LogP contribution in [0.3, 0.4) is 0 Å². The molecule has 0 saturated heterocycles. The minimum absolute atomic E-state index is 0.0568. The average Bonchev–Trinajstić information content (AvgIpc) is 2.72. The molecule has 0 bridgehead atoms. The zero-order valence-electron chi connectivity index (χ0n) is 16.7. The number of para-hydroxylation sites is 1. The molecule has 0 spiro atoms. The van der Waals surface area contributed by atoms with E-state index in [2.05, 4.69) is 21.9 Å². The van der Waals surface area contributed by atoms with Crippen molar-refractivity contribution >= 4 is 32.5 Å². The minimum atomic E-state index is -3.95. The summed E-state index contributed by atoms with van der Waals surface area (Å²) < 4.78 is 28.7. The number of hydrogen-bond acceptors (Lipinski definition) is 4. The number of carbonyl (C=O) groups is 1. The van der Waals surface area contributed by atoms with Crippen molar-refractivity contribution in [3.05, 3.63) is 66.4 Å². The number of carbonyl (C=O) groups excluding carboxylic acids is 1. The van der Waals surface area contributed by atoms with E-state index in [9.17, 15) is 13.2 Å². The lowest BCUT2D eigenvalue weighted by atomic mass is 10.0. The first kappa shape index (κ1) is 21.0. The summed E-state index contributed by atoms with van der Waals surface area (Å²) in [6, 6.07) is 15.1. The fraction of sp³-hybridized carbons (Fsp3) is 0.273. The molecule has 1 heterocycles. The summed E-state index contributed by atoms with van der Waals surface area (Å²) in [5.74, 6) is -0.649. The minimum Gasteiger partial charge on any atom is -0.325 e. The van der Waals surface area contributed by atoms with E-state index in [1.807, 2.05) is 24.3 Å². The highest BCUT2D eigenvalue weighted by atomic mass is 32.2. The second kappa shape index (κ2) is 8.71. The van der Waals surface area contributed by atoms with Crippen LogP contribution in [0.1, 0.15) is 26.3 Å². The van der Waals surface area contributed by atoms with Crippen LogP contribution in [0.4, 0.5) is 5.69 Å². The Labute approximate surface area is 171 Å². The molecule has 29 heavy (non-hydrogen) atoms. The van der Waals surface area contributed by atoms with E-state index in [1.165, 1.54) is 6.07 Å². The standard InChI is InChI=1S/C22H25N3O3S/c1-4-16-10-12-18(13-11-16)24-22(26)20(15(2)3)25-29(27,28)19-9-5-7-17-8-6-14-23-21(17)19/h5-15,20,25H,4H2,1-3H3,(H,24,26). The Hall–Kier alpha value is -2.77. The summed E-state index contributed by atoms with van der Waals surface area (Å²) in [6.07, 6.45) is 2.45. The van der Waals surface area contributed by atoms with Gasteiger partial charge in [-0.05, 0) is 42.2 Å². The van der Waals surface area contributed by atoms with E-state index in [1.54, 1.807) is 44.3 Å². The van der Waals surface area contributed by atoms with E-state index in [4.69, 9.17) is 0 Å². The Morgan fingerprint density at radius 1 is 1.03 bits per heavy atom. The largest absolute Gasteiger partial charge is 0.325 e. The molecule has 0 saturated carbocycles. The van der Waals surface area contributed by atoms with Crippen molar-refractivity contribution in [1.29, 1.82) is 0 Å². The zero-order chi connectivity index (χ0) is 21.0. The molecule has 1 unspecified atom stereocenters. The highest BCUT2D eigenvalue weighted by Crippen LogP contribution is 2.22. The van der Waals surface area contributed by atoms with E-state index >= 15 is 0 Å². The maximum Gasteiger partial charge on any atom is 0.243 e. The molecule has 2 aromatic carbocycles. The van der Waals surface area contributed by atoms with Gasteiger partial charge < -0.3 is 5.32 Å². The molecule has 3 aromatic rings. The summed E-state index contributed by atoms with van der Waals surface area (Å²) in [5.41, 5.74) is 2.16. The fourth-order valence-electron chi connectivity index (χ4n) is 3.06. The number of nitrogens with zero attached hydrogens (tertiary/aromatic N) is 1. The molecule has 0 fully saturated rings. The molecule has 3 rings (SSSR count). The topological polar surface area (TPSA) is 88.2 Å². The maximum absolute atomic E-state index is 13.1. The van der Waals surface area contributed by atoms with Gasteiger partial charge in [0.25, 0.3) is 0 Å². The van der Waals surface area contributed by atoms with Crippen LogP contribution in [0.2, 0.25) is 0 Å². The number of amides is 1. The van der Waals surface area contributed by atoms with Crippen LogP contribution >= 0.6 is 0 Å². The molecule has 7 heteroatoms. The summed E-state index contributed by atoms with van der Waals surface area (Å²) in [4.78, 5) is 17.1. The van der Waals surface area contributed by atoms with Crippen molar-refractivity contribution in [2.45, 2.75) is 38.1 Å². The molecule has 1 atom stereocenters. The van der Waals surface area contributed by atoms with Crippen molar-refractivity contribution in [3.8, 4) is 0 Å². The number of pyridine rings is 1. The van der Waals surface area contributed by atoms with Gasteiger partial charge in [-0.15, -0.1) is 0 Å². The quantitative estimate of drug-likeness (QED) is 0.620. The SMILES string of the molecule is CCc1ccc(NC(=O)C(NS(=O)(=O)c2cccc3cccnc23)C(C)C)cc1. The molecule has 1 aromatic heterocycles. The average molecular weight is 412 g/mol. The number of fused-ring (bicyclic) bond motifs is 1. The first-order valence-corrected chi connectivity index (χ1v) is 11.1. The van der Waals surface area contributed by atoms with Crippen molar-refractivity contribution in [1.82, 2.24) is 9.71 Å². The number of rotatable bonds is 7. The normalized spacial score (nSPS) is 12.8. The Bertz CT molecular complexity index is 1100. The molecule has 152 valence electrons. The molecule has 6 nitrogen and oxygen atoms in total. The van der Waals surface area contributed by atoms with Crippen molar-refractivity contribution < 1.29 is 13.2 Å². The molecule has 0 aliphatic rings. The number of nitrogens with one attached hydrogen (secondary N) is 2. The number of anilines is 1. The number of aromatic nitrogens is 1. The molecular formula is C22H25N3O3S. The molecule has 0 aliphatic carbocycles. The van der Waals surface area contributed by atoms with Crippen molar-refractivity contribution in [2.24, 2.45) is 5.92 Å². The van der Waals surface area contributed by atoms with Crippen LogP contribution in [0.5, 0.6) is 0 Å². The van der Waals surface area contributed by atoms with Gasteiger partial charge in [0.1, 0.15) is 10.9 Å². The van der Waals surface area contributed by atoms with Crippen molar-refractivity contribution in [3.63, 3.8) is 0 Å². The van der Waals surface area contributed by atoms with E-state index in [0.29, 0.717) is 11.2 Å². The predicted octanol–water partition coefficient (Wildman–Crippen LogP) is 3.74. The van der Waals surface area contributed by atoms with Gasteiger partial charge in [-0.25, -0.2) is 8.42 Å². The first-order valence-electron chi connectivity index (χ1n) is 9.57. The van der Waals surface area contributed by atoms with Crippen LogP contribution in [0.15, 0.2) is 65.7 Å². The number of aryl methyl sites for hydroxylation is 1. The lowest BCUT2D eigenvalue weighted by Gasteiger charge is -2.22. The van der Waals surface area contributed by atoms with E-state index in [0.717, 1.165) is 17.4 Å². The highest BCUT2D eigenvalue weighted by Gasteiger charge is 2.29. The summed E-state index contributed by atoms with van der Waals surface area (Å²) >= 11 is 0. The highest BCUT2D eigenvalue weighted by molar-refractivity contribution is 7.89. The van der Waals surface area contributed by atoms with Crippen LogP contribution in [0.25, 0.3) is 10.9 Å². The number of sulfonamides is 1. The number of benzene rings is 2. The Morgan fingerprint density at radius 2 is 1.72 bits per heavy atom. The van der Waals surface area contributed by atoms with Crippen LogP contribution in [0, 0.1) is 5.92 Å². The molecule has 0 radical (unpaired) electrons. The number of hydrogen-bond donors (Lipinski definition) is 2. The second-order valence-electron chi connectivity index (χ2n) is 7.21. The first-order chi connectivity index (χ1) is 13.8. The maximum atomic E-state index is 13.1. The monoisotopic (exact) mass is 411 g/mol. The van der Waals surface area contributed by atoms with E-state index < -0.39 is 22.0 Å². The van der Waals surface area contributed by atoms with Crippen LogP contribution in [-0.2, 0) is 21.2 Å². The third kappa shape index (κ3) is 4.81. The summed E-state index contributed by atoms with van der Waals surface area (Å²) in [7, 11) is -3.95. The predicted molar refractivity (Wildman–Crippen MR) is 115 cm³/mol.